The predicted octanol–water partition coefficient (Wildman–Crippen LogP) is 2.37. The normalized spacial score (nSPS) is 24.7. The van der Waals surface area contributed by atoms with Crippen molar-refractivity contribution in [3.63, 3.8) is 0 Å². The quantitative estimate of drug-likeness (QED) is 0.215. The topological polar surface area (TPSA) is 200 Å². The number of ketones is 2. The number of carbonyl (C=O) groups is 4. The van der Waals surface area contributed by atoms with Crippen molar-refractivity contribution in [3.05, 3.63) is 77.1 Å². The number of aromatic hydroxyl groups is 1. The first-order valence-electron chi connectivity index (χ1n) is 13.5. The summed E-state index contributed by atoms with van der Waals surface area (Å²) in [6.45, 7) is 3.54. The van der Waals surface area contributed by atoms with Crippen molar-refractivity contribution in [1.82, 2.24) is 4.90 Å². The van der Waals surface area contributed by atoms with E-state index < -0.39 is 64.1 Å². The van der Waals surface area contributed by atoms with Crippen molar-refractivity contribution in [2.75, 3.05) is 26.0 Å². The largest absolute Gasteiger partial charge is 0.508 e. The number of anilines is 1. The fourth-order valence-electron chi connectivity index (χ4n) is 6.54. The zero-order valence-corrected chi connectivity index (χ0v) is 23.5. The van der Waals surface area contributed by atoms with Crippen molar-refractivity contribution in [2.45, 2.75) is 24.5 Å². The van der Waals surface area contributed by atoms with Gasteiger partial charge in [0.1, 0.15) is 29.4 Å². The number of fused-ring (bicyclic) bond motifs is 3. The van der Waals surface area contributed by atoms with Gasteiger partial charge in [-0.15, -0.1) is 0 Å². The average Bonchev–Trinajstić information content (AvgIpc) is 2.94. The van der Waals surface area contributed by atoms with Crippen LogP contribution >= 0.6 is 0 Å². The van der Waals surface area contributed by atoms with E-state index in [0.717, 1.165) is 0 Å². The monoisotopic (exact) mass is 589 g/mol. The van der Waals surface area contributed by atoms with E-state index in [0.29, 0.717) is 22.4 Å². The summed E-state index contributed by atoms with van der Waals surface area (Å²) in [6.07, 6.45) is 0.916. The maximum Gasteiger partial charge on any atom is 0.411 e. The fourth-order valence-corrected chi connectivity index (χ4v) is 6.54. The Kier molecular flexibility index (Phi) is 7.36. The number of rotatable bonds is 6. The predicted molar refractivity (Wildman–Crippen MR) is 155 cm³/mol. The molecule has 0 aromatic heterocycles. The highest BCUT2D eigenvalue weighted by atomic mass is 16.5. The molecule has 12 heteroatoms. The van der Waals surface area contributed by atoms with Crippen molar-refractivity contribution in [2.24, 2.45) is 17.6 Å². The number of amides is 2. The number of hydrogen-bond donors (Lipinski definition) is 6. The van der Waals surface area contributed by atoms with Crippen LogP contribution in [-0.4, -0.2) is 81.2 Å². The molecule has 2 aromatic rings. The highest BCUT2D eigenvalue weighted by Gasteiger charge is 2.64. The molecule has 0 spiro atoms. The van der Waals surface area contributed by atoms with Gasteiger partial charge in [-0.3, -0.25) is 24.6 Å². The number of Topliss-reactive ketones (excluding diaryl/α,β-unsaturated/α-hetero) is 2. The van der Waals surface area contributed by atoms with Gasteiger partial charge < -0.3 is 30.9 Å². The van der Waals surface area contributed by atoms with Crippen molar-refractivity contribution < 1.29 is 44.3 Å². The third-order valence-electron chi connectivity index (χ3n) is 8.38. The van der Waals surface area contributed by atoms with Crippen LogP contribution in [0.4, 0.5) is 10.5 Å². The Hall–Kier alpha value is -4.94. The van der Waals surface area contributed by atoms with Crippen LogP contribution < -0.4 is 11.1 Å². The summed E-state index contributed by atoms with van der Waals surface area (Å²) < 4.78 is 4.93. The van der Waals surface area contributed by atoms with E-state index in [-0.39, 0.29) is 36.3 Å². The average molecular weight is 590 g/mol. The minimum atomic E-state index is -2.70. The lowest BCUT2D eigenvalue weighted by Gasteiger charge is -2.50. The molecule has 224 valence electrons. The first-order valence-corrected chi connectivity index (χ1v) is 13.5. The van der Waals surface area contributed by atoms with Crippen LogP contribution in [0.2, 0.25) is 0 Å². The lowest BCUT2D eigenvalue weighted by atomic mass is 9.57. The highest BCUT2D eigenvalue weighted by Crippen LogP contribution is 2.53. The van der Waals surface area contributed by atoms with E-state index in [1.165, 1.54) is 17.0 Å². The molecule has 5 rings (SSSR count). The molecular formula is C31H31N3O9. The maximum absolute atomic E-state index is 14.0. The van der Waals surface area contributed by atoms with E-state index >= 15 is 0 Å². The van der Waals surface area contributed by atoms with Gasteiger partial charge in [0.25, 0.3) is 5.91 Å². The molecule has 7 N–H and O–H groups in total. The van der Waals surface area contributed by atoms with E-state index in [9.17, 15) is 39.6 Å². The van der Waals surface area contributed by atoms with Gasteiger partial charge in [-0.25, -0.2) is 4.79 Å². The van der Waals surface area contributed by atoms with E-state index in [4.69, 9.17) is 10.5 Å². The summed E-state index contributed by atoms with van der Waals surface area (Å²) in [5.41, 5.74) is 3.87. The number of benzene rings is 2. The second-order valence-corrected chi connectivity index (χ2v) is 11.0. The van der Waals surface area contributed by atoms with Gasteiger partial charge in [-0.1, -0.05) is 30.9 Å². The molecule has 0 unspecified atom stereocenters. The maximum atomic E-state index is 14.0. The van der Waals surface area contributed by atoms with Crippen LogP contribution in [0, 0.1) is 11.8 Å². The number of carbonyl (C=O) groups excluding carboxylic acids is 4. The van der Waals surface area contributed by atoms with Gasteiger partial charge in [0.05, 0.1) is 11.6 Å². The van der Waals surface area contributed by atoms with Gasteiger partial charge in [-0.05, 0) is 67.7 Å². The van der Waals surface area contributed by atoms with Crippen LogP contribution in [-0.2, 0) is 25.5 Å². The number of aliphatic hydroxyl groups excluding tert-OH is 2. The Morgan fingerprint density at radius 2 is 1.81 bits per heavy atom. The molecule has 1 fully saturated rings. The Labute approximate surface area is 246 Å². The number of likely N-dealkylation sites (N-methyl/N-ethyl adjacent to an activating group) is 1. The number of phenolic OH excluding ortho intramolecular Hbond substituents is 1. The molecule has 0 bridgehead atoms. The molecule has 0 heterocycles. The van der Waals surface area contributed by atoms with Gasteiger partial charge in [0.2, 0.25) is 5.78 Å². The number of nitrogens with two attached hydrogens (primary N) is 1. The van der Waals surface area contributed by atoms with Crippen LogP contribution in [0.1, 0.15) is 17.5 Å². The van der Waals surface area contributed by atoms with E-state index in [2.05, 4.69) is 11.9 Å². The molecule has 3 aliphatic rings. The summed E-state index contributed by atoms with van der Waals surface area (Å²) in [7, 11) is 3.09. The van der Waals surface area contributed by atoms with E-state index in [1.807, 2.05) is 0 Å². The van der Waals surface area contributed by atoms with Crippen molar-refractivity contribution in [3.8, 4) is 16.9 Å². The lowest BCUT2D eigenvalue weighted by Crippen LogP contribution is -2.65. The van der Waals surface area contributed by atoms with Crippen LogP contribution in [0.25, 0.3) is 16.9 Å². The number of hydrogen-bond acceptors (Lipinski definition) is 10. The fraction of sp³-hybridized carbons (Fsp3) is 0.290. The Balaban J connectivity index is 1.60. The lowest BCUT2D eigenvalue weighted by molar-refractivity contribution is -0.153. The molecule has 4 atom stereocenters. The first kappa shape index (κ1) is 29.5. The molecule has 3 aliphatic carbocycles. The third kappa shape index (κ3) is 4.55. The Morgan fingerprint density at radius 1 is 1.14 bits per heavy atom. The number of aliphatic hydroxyl groups is 3. The van der Waals surface area contributed by atoms with E-state index in [1.54, 1.807) is 44.4 Å². The standard InChI is InChI=1S/C31H31N3O9/c1-4-11-43-30(41)33-16-7-5-14(6-8-16)17-9-10-20(35)22-18(17)12-15-13-19-24(34(2)3)26(37)23(29(32)40)28(39)31(19,42)27(38)21(15)25(22)36/h4-10,15,19,24,35-36,39,42H,1,11-13H2,2-3H3,(H2,32,40)(H,33,41)/t15-,19-,24-,31-/m0/s1. The van der Waals surface area contributed by atoms with Crippen LogP contribution in [0.15, 0.2) is 66.0 Å². The smallest absolute Gasteiger partial charge is 0.411 e. The molecule has 0 aliphatic heterocycles. The summed E-state index contributed by atoms with van der Waals surface area (Å²) >= 11 is 0. The number of ether oxygens (including phenoxy) is 1. The summed E-state index contributed by atoms with van der Waals surface area (Å²) in [6, 6.07) is 8.62. The SMILES string of the molecule is C=CCOC(=O)Nc1ccc(-c2ccc(O)c3c2C[C@H]2C[C@H]4[C@H](N(C)C)C(=O)C(C(N)=O)=C(O)[C@@]4(O)C(=O)C2=C3O)cc1. The zero-order chi connectivity index (χ0) is 31.4. The van der Waals surface area contributed by atoms with Crippen LogP contribution in [0.5, 0.6) is 5.75 Å². The molecule has 0 saturated heterocycles. The molecule has 0 radical (unpaired) electrons. The molecule has 2 amide bonds. The minimum Gasteiger partial charge on any atom is -0.508 e. The van der Waals surface area contributed by atoms with Crippen molar-refractivity contribution >= 4 is 35.0 Å². The molecule has 12 nitrogen and oxygen atoms in total. The number of primary amides is 1. The van der Waals surface area contributed by atoms with Gasteiger partial charge >= 0.3 is 6.09 Å². The number of nitrogens with one attached hydrogen (secondary N) is 1. The first-order chi connectivity index (χ1) is 20.3. The summed E-state index contributed by atoms with van der Waals surface area (Å²) in [5, 5.41) is 47.5. The zero-order valence-electron chi connectivity index (χ0n) is 23.5. The highest BCUT2D eigenvalue weighted by molar-refractivity contribution is 6.24. The number of phenols is 1. The summed E-state index contributed by atoms with van der Waals surface area (Å²) in [5.74, 6) is -7.07. The van der Waals surface area contributed by atoms with Gasteiger partial charge in [0, 0.05) is 17.2 Å². The molecular weight excluding hydrogens is 558 g/mol. The minimum absolute atomic E-state index is 0.0102. The van der Waals surface area contributed by atoms with Gasteiger partial charge in [0.15, 0.2) is 11.4 Å². The second-order valence-electron chi connectivity index (χ2n) is 11.0. The Morgan fingerprint density at radius 3 is 2.42 bits per heavy atom. The molecule has 2 aromatic carbocycles. The Bertz CT molecular complexity index is 1640. The molecule has 43 heavy (non-hydrogen) atoms. The third-order valence-corrected chi connectivity index (χ3v) is 8.38. The van der Waals surface area contributed by atoms with Gasteiger partial charge in [-0.2, -0.15) is 0 Å². The second kappa shape index (κ2) is 10.7. The van der Waals surface area contributed by atoms with Crippen LogP contribution in [0.3, 0.4) is 0 Å². The summed E-state index contributed by atoms with van der Waals surface area (Å²) in [4.78, 5) is 52.7. The van der Waals surface area contributed by atoms with Crippen molar-refractivity contribution in [1.29, 1.82) is 0 Å². The molecule has 1 saturated carbocycles. The number of nitrogens with zero attached hydrogens (tertiary/aromatic N) is 1.